The van der Waals surface area contributed by atoms with Crippen molar-refractivity contribution in [1.82, 2.24) is 0 Å². The molecule has 22 heavy (non-hydrogen) atoms. The number of ether oxygens (including phenoxy) is 2. The van der Waals surface area contributed by atoms with Gasteiger partial charge in [-0.25, -0.2) is 0 Å². The SMILES string of the molecule is CCC(=O)c1ccc(OCCOCCc2ccccc2)cc1. The highest BCUT2D eigenvalue weighted by atomic mass is 16.5. The second-order valence-electron chi connectivity index (χ2n) is 5.00. The van der Waals surface area contributed by atoms with E-state index in [0.717, 1.165) is 17.7 Å². The molecule has 0 aliphatic rings. The largest absolute Gasteiger partial charge is 0.491 e. The van der Waals surface area contributed by atoms with Crippen LogP contribution in [0.3, 0.4) is 0 Å². The molecule has 0 unspecified atom stereocenters. The van der Waals surface area contributed by atoms with E-state index >= 15 is 0 Å². The van der Waals surface area contributed by atoms with Gasteiger partial charge in [0.25, 0.3) is 0 Å². The highest BCUT2D eigenvalue weighted by Gasteiger charge is 2.02. The number of ketones is 1. The summed E-state index contributed by atoms with van der Waals surface area (Å²) in [6, 6.07) is 17.5. The fourth-order valence-corrected chi connectivity index (χ4v) is 2.10. The molecule has 0 fully saturated rings. The van der Waals surface area contributed by atoms with Gasteiger partial charge in [-0.3, -0.25) is 4.79 Å². The lowest BCUT2D eigenvalue weighted by atomic mass is 10.1. The molecule has 0 N–H and O–H groups in total. The molecule has 0 aromatic heterocycles. The normalized spacial score (nSPS) is 10.4. The molecule has 0 heterocycles. The highest BCUT2D eigenvalue weighted by Crippen LogP contribution is 2.13. The first-order valence-corrected chi connectivity index (χ1v) is 7.67. The van der Waals surface area contributed by atoms with E-state index < -0.39 is 0 Å². The lowest BCUT2D eigenvalue weighted by molar-refractivity contribution is 0.0986. The topological polar surface area (TPSA) is 35.5 Å². The third-order valence-electron chi connectivity index (χ3n) is 3.37. The van der Waals surface area contributed by atoms with Crippen LogP contribution < -0.4 is 4.74 Å². The molecule has 0 atom stereocenters. The predicted molar refractivity (Wildman–Crippen MR) is 87.5 cm³/mol. The molecule has 2 aromatic rings. The average Bonchev–Trinajstić information content (AvgIpc) is 2.58. The molecule has 3 nitrogen and oxygen atoms in total. The first kappa shape index (κ1) is 16.2. The van der Waals surface area contributed by atoms with Crippen LogP contribution in [0.25, 0.3) is 0 Å². The number of rotatable bonds is 9. The second kappa shape index (κ2) is 9.00. The van der Waals surface area contributed by atoms with Crippen LogP contribution in [-0.2, 0) is 11.2 Å². The zero-order valence-corrected chi connectivity index (χ0v) is 13.0. The maximum absolute atomic E-state index is 11.5. The number of hydrogen-bond acceptors (Lipinski definition) is 3. The molecule has 0 spiro atoms. The Balaban J connectivity index is 1.61. The van der Waals surface area contributed by atoms with Crippen molar-refractivity contribution >= 4 is 5.78 Å². The standard InChI is InChI=1S/C19H22O3/c1-2-19(20)17-8-10-18(11-9-17)22-15-14-21-13-12-16-6-4-3-5-7-16/h3-11H,2,12-15H2,1H3. The van der Waals surface area contributed by atoms with Gasteiger partial charge in [-0.2, -0.15) is 0 Å². The van der Waals surface area contributed by atoms with Crippen LogP contribution in [0.4, 0.5) is 0 Å². The molecule has 2 aromatic carbocycles. The van der Waals surface area contributed by atoms with Crippen LogP contribution in [0.5, 0.6) is 5.75 Å². The molecule has 0 amide bonds. The van der Waals surface area contributed by atoms with E-state index in [4.69, 9.17) is 9.47 Å². The Morgan fingerprint density at radius 2 is 1.64 bits per heavy atom. The number of carbonyl (C=O) groups excluding carboxylic acids is 1. The van der Waals surface area contributed by atoms with E-state index in [0.29, 0.717) is 26.2 Å². The number of Topliss-reactive ketones (excluding diaryl/α,β-unsaturated/α-hetero) is 1. The summed E-state index contributed by atoms with van der Waals surface area (Å²) in [6.07, 6.45) is 1.43. The van der Waals surface area contributed by atoms with Gasteiger partial charge in [0.1, 0.15) is 12.4 Å². The Morgan fingerprint density at radius 3 is 2.32 bits per heavy atom. The third kappa shape index (κ3) is 5.34. The van der Waals surface area contributed by atoms with E-state index in [1.165, 1.54) is 5.56 Å². The highest BCUT2D eigenvalue weighted by molar-refractivity contribution is 5.95. The fraction of sp³-hybridized carbons (Fsp3) is 0.316. The van der Waals surface area contributed by atoms with Crippen LogP contribution in [0.1, 0.15) is 29.3 Å². The Bertz CT molecular complexity index is 561. The number of benzene rings is 2. The first-order chi connectivity index (χ1) is 10.8. The summed E-state index contributed by atoms with van der Waals surface area (Å²) in [6.45, 7) is 3.62. The second-order valence-corrected chi connectivity index (χ2v) is 5.00. The zero-order valence-electron chi connectivity index (χ0n) is 13.0. The van der Waals surface area contributed by atoms with Gasteiger partial charge in [0, 0.05) is 12.0 Å². The Labute approximate surface area is 131 Å². The average molecular weight is 298 g/mol. The van der Waals surface area contributed by atoms with Gasteiger partial charge in [-0.05, 0) is 36.2 Å². The molecule has 0 aliphatic heterocycles. The first-order valence-electron chi connectivity index (χ1n) is 7.67. The van der Waals surface area contributed by atoms with E-state index in [1.54, 1.807) is 12.1 Å². The van der Waals surface area contributed by atoms with E-state index in [-0.39, 0.29) is 5.78 Å². The van der Waals surface area contributed by atoms with Gasteiger partial charge >= 0.3 is 0 Å². The Morgan fingerprint density at radius 1 is 0.909 bits per heavy atom. The van der Waals surface area contributed by atoms with Crippen molar-refractivity contribution in [2.45, 2.75) is 19.8 Å². The molecule has 0 saturated heterocycles. The van der Waals surface area contributed by atoms with Crippen molar-refractivity contribution < 1.29 is 14.3 Å². The van der Waals surface area contributed by atoms with Crippen LogP contribution in [0.15, 0.2) is 54.6 Å². The molecular formula is C19H22O3. The lowest BCUT2D eigenvalue weighted by Gasteiger charge is -2.08. The van der Waals surface area contributed by atoms with Crippen molar-refractivity contribution in [3.8, 4) is 5.75 Å². The summed E-state index contributed by atoms with van der Waals surface area (Å²) in [4.78, 5) is 11.5. The maximum Gasteiger partial charge on any atom is 0.162 e. The summed E-state index contributed by atoms with van der Waals surface area (Å²) >= 11 is 0. The molecule has 116 valence electrons. The van der Waals surface area contributed by atoms with Gasteiger partial charge in [0.05, 0.1) is 13.2 Å². The minimum atomic E-state index is 0.149. The molecule has 0 radical (unpaired) electrons. The van der Waals surface area contributed by atoms with Crippen molar-refractivity contribution in [2.24, 2.45) is 0 Å². The molecule has 0 saturated carbocycles. The van der Waals surface area contributed by atoms with Gasteiger partial charge in [-0.15, -0.1) is 0 Å². The van der Waals surface area contributed by atoms with Crippen LogP contribution in [0.2, 0.25) is 0 Å². The molecule has 0 bridgehead atoms. The van der Waals surface area contributed by atoms with Crippen LogP contribution >= 0.6 is 0 Å². The summed E-state index contributed by atoms with van der Waals surface area (Å²) in [5, 5.41) is 0. The summed E-state index contributed by atoms with van der Waals surface area (Å²) in [5.41, 5.74) is 2.01. The van der Waals surface area contributed by atoms with Crippen LogP contribution in [-0.4, -0.2) is 25.6 Å². The number of hydrogen-bond donors (Lipinski definition) is 0. The van der Waals surface area contributed by atoms with Crippen molar-refractivity contribution in [3.05, 3.63) is 65.7 Å². The third-order valence-corrected chi connectivity index (χ3v) is 3.37. The summed E-state index contributed by atoms with van der Waals surface area (Å²) in [7, 11) is 0. The lowest BCUT2D eigenvalue weighted by Crippen LogP contribution is -2.08. The van der Waals surface area contributed by atoms with Gasteiger partial charge in [0.2, 0.25) is 0 Å². The quantitative estimate of drug-likeness (QED) is 0.520. The Kier molecular flexibility index (Phi) is 6.65. The van der Waals surface area contributed by atoms with E-state index in [1.807, 2.05) is 37.3 Å². The minimum Gasteiger partial charge on any atom is -0.491 e. The predicted octanol–water partition coefficient (Wildman–Crippen LogP) is 3.92. The summed E-state index contributed by atoms with van der Waals surface area (Å²) < 4.78 is 11.1. The van der Waals surface area contributed by atoms with Gasteiger partial charge in [0.15, 0.2) is 5.78 Å². The monoisotopic (exact) mass is 298 g/mol. The number of carbonyl (C=O) groups is 1. The molecule has 0 aliphatic carbocycles. The molecule has 2 rings (SSSR count). The summed E-state index contributed by atoms with van der Waals surface area (Å²) in [5.74, 6) is 0.912. The van der Waals surface area contributed by atoms with Crippen molar-refractivity contribution in [2.75, 3.05) is 19.8 Å². The Hall–Kier alpha value is -2.13. The van der Waals surface area contributed by atoms with E-state index in [2.05, 4.69) is 12.1 Å². The van der Waals surface area contributed by atoms with Crippen LogP contribution in [0, 0.1) is 0 Å². The molecular weight excluding hydrogens is 276 g/mol. The van der Waals surface area contributed by atoms with Gasteiger partial charge < -0.3 is 9.47 Å². The van der Waals surface area contributed by atoms with Crippen molar-refractivity contribution in [3.63, 3.8) is 0 Å². The maximum atomic E-state index is 11.5. The smallest absolute Gasteiger partial charge is 0.162 e. The minimum absolute atomic E-state index is 0.149. The molecule has 3 heteroatoms. The van der Waals surface area contributed by atoms with Gasteiger partial charge in [-0.1, -0.05) is 37.3 Å². The van der Waals surface area contributed by atoms with E-state index in [9.17, 15) is 4.79 Å². The fourth-order valence-electron chi connectivity index (χ4n) is 2.10. The zero-order chi connectivity index (χ0) is 15.6. The van der Waals surface area contributed by atoms with Crippen molar-refractivity contribution in [1.29, 1.82) is 0 Å².